The van der Waals surface area contributed by atoms with Crippen molar-refractivity contribution in [2.75, 3.05) is 0 Å². The van der Waals surface area contributed by atoms with Crippen LogP contribution >= 0.6 is 0 Å². The van der Waals surface area contributed by atoms with Gasteiger partial charge in [0, 0.05) is 0 Å². The van der Waals surface area contributed by atoms with Crippen LogP contribution in [0, 0.1) is 0 Å². The molecule has 0 aromatic rings. The molecule has 0 bridgehead atoms. The molecule has 86 valence electrons. The van der Waals surface area contributed by atoms with E-state index in [-0.39, 0.29) is 0 Å². The van der Waals surface area contributed by atoms with Crippen LogP contribution < -0.4 is 0 Å². The Balaban J connectivity index is 1.79. The summed E-state index contributed by atoms with van der Waals surface area (Å²) in [6, 6.07) is 0. The SMILES string of the molecule is CC1=C(C)[Se]C(=C2[Se]C3=C([Se]CC[Se]3)[Se]2)[Se]1. The average Bonchev–Trinajstić information content (AvgIpc) is 2.83. The van der Waals surface area contributed by atoms with E-state index in [0.717, 1.165) is 89.7 Å². The van der Waals surface area contributed by atoms with Crippen LogP contribution in [-0.2, 0) is 0 Å². The number of rotatable bonds is 0. The molecule has 0 spiro atoms. The summed E-state index contributed by atoms with van der Waals surface area (Å²) in [5.41, 5.74) is 0. The molecule has 0 aromatic heterocycles. The van der Waals surface area contributed by atoms with Crippen LogP contribution in [0.15, 0.2) is 22.4 Å². The third kappa shape index (κ3) is 2.76. The number of hydrogen-bond donors (Lipinski definition) is 0. The van der Waals surface area contributed by atoms with Gasteiger partial charge in [-0.1, -0.05) is 0 Å². The van der Waals surface area contributed by atoms with Gasteiger partial charge in [0.1, 0.15) is 0 Å². The topological polar surface area (TPSA) is 0 Å². The Morgan fingerprint density at radius 3 is 1.56 bits per heavy atom. The first-order valence-electron chi connectivity index (χ1n) is 4.87. The first-order valence-corrected chi connectivity index (χ1v) is 15.9. The van der Waals surface area contributed by atoms with Crippen LogP contribution in [0.1, 0.15) is 13.8 Å². The van der Waals surface area contributed by atoms with E-state index in [0.29, 0.717) is 0 Å². The van der Waals surface area contributed by atoms with Gasteiger partial charge in [0.25, 0.3) is 0 Å². The Labute approximate surface area is 135 Å². The van der Waals surface area contributed by atoms with Crippen molar-refractivity contribution in [3.63, 3.8) is 0 Å². The van der Waals surface area contributed by atoms with Crippen molar-refractivity contribution >= 4 is 89.7 Å². The standard InChI is InChI=1S/C10H10Se6/c1-5-6(2)14-9(13-5)10-15-7-8(16-10)12-4-3-11-7/h3-4H2,1-2H3. The molecule has 6 heteroatoms. The Morgan fingerprint density at radius 2 is 1.06 bits per heavy atom. The van der Waals surface area contributed by atoms with Crippen LogP contribution in [0.5, 0.6) is 0 Å². The van der Waals surface area contributed by atoms with Crippen molar-refractivity contribution in [3.05, 3.63) is 22.4 Å². The van der Waals surface area contributed by atoms with E-state index in [1.807, 2.05) is 13.5 Å². The van der Waals surface area contributed by atoms with Gasteiger partial charge in [-0.2, -0.15) is 0 Å². The van der Waals surface area contributed by atoms with Gasteiger partial charge in [-0.25, -0.2) is 0 Å². The molecular formula is C10H10Se6. The van der Waals surface area contributed by atoms with Gasteiger partial charge in [0.15, 0.2) is 0 Å². The fraction of sp³-hybridized carbons (Fsp3) is 0.400. The van der Waals surface area contributed by atoms with Crippen molar-refractivity contribution in [1.29, 1.82) is 0 Å². The molecule has 0 fully saturated rings. The maximum atomic E-state index is 2.38. The predicted octanol–water partition coefficient (Wildman–Crippen LogP) is 0.594. The molecule has 0 atom stereocenters. The Kier molecular flexibility index (Phi) is 4.80. The summed E-state index contributed by atoms with van der Waals surface area (Å²) < 4.78 is 11.5. The van der Waals surface area contributed by atoms with Gasteiger partial charge in [-0.3, -0.25) is 0 Å². The second-order valence-corrected chi connectivity index (χ2v) is 22.7. The molecule has 3 aliphatic rings. The van der Waals surface area contributed by atoms with Crippen LogP contribution in [-0.4, -0.2) is 89.7 Å². The summed E-state index contributed by atoms with van der Waals surface area (Å²) in [4.78, 5) is 0. The van der Waals surface area contributed by atoms with E-state index in [1.165, 1.54) is 0 Å². The van der Waals surface area contributed by atoms with E-state index in [4.69, 9.17) is 0 Å². The van der Waals surface area contributed by atoms with Gasteiger partial charge < -0.3 is 0 Å². The molecule has 3 rings (SSSR count). The van der Waals surface area contributed by atoms with Crippen LogP contribution in [0.25, 0.3) is 0 Å². The Bertz CT molecular complexity index is 395. The second-order valence-electron chi connectivity index (χ2n) is 3.37. The molecule has 0 aliphatic carbocycles. The first kappa shape index (κ1) is 13.3. The van der Waals surface area contributed by atoms with Gasteiger partial charge in [-0.05, 0) is 0 Å². The van der Waals surface area contributed by atoms with Gasteiger partial charge in [-0.15, -0.1) is 0 Å². The van der Waals surface area contributed by atoms with E-state index in [1.54, 1.807) is 19.6 Å². The summed E-state index contributed by atoms with van der Waals surface area (Å²) >= 11 is 5.10. The van der Waals surface area contributed by atoms with E-state index < -0.39 is 0 Å². The zero-order chi connectivity index (χ0) is 11.1. The molecule has 0 saturated carbocycles. The summed E-state index contributed by atoms with van der Waals surface area (Å²) in [5.74, 6) is 0. The molecule has 0 nitrogen and oxygen atoms in total. The molecule has 16 heavy (non-hydrogen) atoms. The summed E-state index contributed by atoms with van der Waals surface area (Å²) in [7, 11) is 0. The van der Waals surface area contributed by atoms with E-state index in [2.05, 4.69) is 13.8 Å². The molecule has 0 unspecified atom stereocenters. The monoisotopic (exact) mass is 610 g/mol. The van der Waals surface area contributed by atoms with E-state index in [9.17, 15) is 0 Å². The molecule has 0 amide bonds. The van der Waals surface area contributed by atoms with Crippen molar-refractivity contribution in [3.8, 4) is 0 Å². The van der Waals surface area contributed by atoms with Crippen LogP contribution in [0.4, 0.5) is 0 Å². The van der Waals surface area contributed by atoms with Crippen LogP contribution in [0.3, 0.4) is 0 Å². The molecular weight excluding hydrogens is 594 g/mol. The Hall–Kier alpha value is 2.34. The van der Waals surface area contributed by atoms with Crippen molar-refractivity contribution in [2.24, 2.45) is 0 Å². The van der Waals surface area contributed by atoms with Gasteiger partial charge in [0.2, 0.25) is 0 Å². The predicted molar refractivity (Wildman–Crippen MR) is 76.6 cm³/mol. The number of allylic oxidation sites excluding steroid dienone is 2. The van der Waals surface area contributed by atoms with E-state index >= 15 is 0 Å². The van der Waals surface area contributed by atoms with Gasteiger partial charge in [0.05, 0.1) is 0 Å². The zero-order valence-corrected chi connectivity index (χ0v) is 19.1. The quantitative estimate of drug-likeness (QED) is 0.356. The first-order chi connectivity index (χ1) is 7.74. The third-order valence-electron chi connectivity index (χ3n) is 2.24. The summed E-state index contributed by atoms with van der Waals surface area (Å²) in [6.07, 6.45) is 0. The molecule has 0 saturated heterocycles. The maximum absolute atomic E-state index is 2.38. The molecule has 0 aromatic carbocycles. The second kappa shape index (κ2) is 5.76. The van der Waals surface area contributed by atoms with Crippen molar-refractivity contribution in [2.45, 2.75) is 24.5 Å². The Morgan fingerprint density at radius 1 is 0.625 bits per heavy atom. The summed E-state index contributed by atoms with van der Waals surface area (Å²) in [6.45, 7) is 4.75. The van der Waals surface area contributed by atoms with Crippen LogP contribution in [0.2, 0.25) is 10.6 Å². The average molecular weight is 604 g/mol. The fourth-order valence-corrected chi connectivity index (χ4v) is 30.8. The van der Waals surface area contributed by atoms with Crippen molar-refractivity contribution in [1.82, 2.24) is 0 Å². The minimum atomic E-state index is 0.775. The van der Waals surface area contributed by atoms with Crippen molar-refractivity contribution < 1.29 is 0 Å². The third-order valence-corrected chi connectivity index (χ3v) is 28.6. The minimum absolute atomic E-state index is 0.775. The normalized spacial score (nSPS) is 25.9. The number of hydrogen-bond acceptors (Lipinski definition) is 0. The fourth-order valence-electron chi connectivity index (χ4n) is 1.33. The zero-order valence-electron chi connectivity index (χ0n) is 8.86. The summed E-state index contributed by atoms with van der Waals surface area (Å²) in [5, 5.41) is 3.14. The molecule has 3 heterocycles. The van der Waals surface area contributed by atoms with Gasteiger partial charge >= 0.3 is 137 Å². The molecule has 3 aliphatic heterocycles. The molecule has 0 radical (unpaired) electrons. The molecule has 0 N–H and O–H groups in total.